The number of hydrazine groups is 1. The van der Waals surface area contributed by atoms with E-state index in [9.17, 15) is 4.79 Å². The second kappa shape index (κ2) is 8.22. The van der Waals surface area contributed by atoms with E-state index >= 15 is 0 Å². The quantitative estimate of drug-likeness (QED) is 0.493. The first-order valence-corrected chi connectivity index (χ1v) is 9.97. The lowest BCUT2D eigenvalue weighted by atomic mass is 10.1. The van der Waals surface area contributed by atoms with E-state index in [0.29, 0.717) is 35.0 Å². The lowest BCUT2D eigenvalue weighted by molar-refractivity contribution is 0.0519. The SMILES string of the molecule is CCOC(=O)c1ncn2c1C/C(=C(/N)Cc1ccc(Cl)cc1)N(N)c1ccccc1-2. The number of hydrogen-bond acceptors (Lipinski definition) is 6. The molecule has 0 aliphatic carbocycles. The number of nitrogens with zero attached hydrogens (tertiary/aromatic N) is 3. The molecule has 7 nitrogen and oxygen atoms in total. The summed E-state index contributed by atoms with van der Waals surface area (Å²) in [7, 11) is 0. The van der Waals surface area contributed by atoms with Crippen molar-refractivity contribution in [2.75, 3.05) is 11.6 Å². The van der Waals surface area contributed by atoms with Crippen molar-refractivity contribution in [2.24, 2.45) is 11.6 Å². The van der Waals surface area contributed by atoms with Gasteiger partial charge in [-0.2, -0.15) is 0 Å². The van der Waals surface area contributed by atoms with Gasteiger partial charge in [0, 0.05) is 23.6 Å². The molecule has 0 fully saturated rings. The molecule has 1 aromatic heterocycles. The van der Waals surface area contributed by atoms with Crippen LogP contribution in [0.2, 0.25) is 5.02 Å². The molecule has 0 amide bonds. The highest BCUT2D eigenvalue weighted by Crippen LogP contribution is 2.33. The summed E-state index contributed by atoms with van der Waals surface area (Å²) in [4.78, 5) is 16.8. The molecule has 0 spiro atoms. The maximum absolute atomic E-state index is 12.5. The van der Waals surface area contributed by atoms with E-state index in [1.165, 1.54) is 0 Å². The number of hydrogen-bond donors (Lipinski definition) is 2. The number of benzene rings is 2. The van der Waals surface area contributed by atoms with Crippen LogP contribution in [0.1, 0.15) is 28.7 Å². The van der Waals surface area contributed by atoms with Crippen LogP contribution in [0.5, 0.6) is 0 Å². The smallest absolute Gasteiger partial charge is 0.358 e. The third kappa shape index (κ3) is 3.65. The highest BCUT2D eigenvalue weighted by molar-refractivity contribution is 6.30. The minimum atomic E-state index is -0.468. The maximum Gasteiger partial charge on any atom is 0.358 e. The number of nitrogens with two attached hydrogens (primary N) is 2. The zero-order chi connectivity index (χ0) is 21.3. The van der Waals surface area contributed by atoms with Gasteiger partial charge in [0.15, 0.2) is 5.69 Å². The van der Waals surface area contributed by atoms with Crippen LogP contribution in [0.25, 0.3) is 5.69 Å². The fourth-order valence-corrected chi connectivity index (χ4v) is 3.70. The van der Waals surface area contributed by atoms with Crippen molar-refractivity contribution >= 4 is 23.3 Å². The number of para-hydroxylation sites is 2. The zero-order valence-corrected chi connectivity index (χ0v) is 17.3. The molecular weight excluding hydrogens is 402 g/mol. The average molecular weight is 424 g/mol. The molecule has 0 saturated heterocycles. The summed E-state index contributed by atoms with van der Waals surface area (Å²) in [6.45, 7) is 2.03. The minimum absolute atomic E-state index is 0.263. The van der Waals surface area contributed by atoms with Gasteiger partial charge in [-0.25, -0.2) is 15.6 Å². The lowest BCUT2D eigenvalue weighted by Crippen LogP contribution is -2.33. The van der Waals surface area contributed by atoms with Crippen molar-refractivity contribution in [2.45, 2.75) is 19.8 Å². The Morgan fingerprint density at radius 1 is 1.17 bits per heavy atom. The summed E-state index contributed by atoms with van der Waals surface area (Å²) < 4.78 is 7.06. The second-order valence-electron chi connectivity index (χ2n) is 6.94. The van der Waals surface area contributed by atoms with Gasteiger partial charge in [-0.05, 0) is 36.8 Å². The molecule has 0 atom stereocenters. The number of esters is 1. The number of anilines is 1. The number of allylic oxidation sites excluding steroid dienone is 2. The number of ether oxygens (including phenoxy) is 1. The number of fused-ring (bicyclic) bond motifs is 3. The van der Waals surface area contributed by atoms with E-state index in [1.807, 2.05) is 53.1 Å². The van der Waals surface area contributed by atoms with Crippen molar-refractivity contribution in [3.8, 4) is 5.69 Å². The molecule has 4 rings (SSSR count). The molecule has 8 heteroatoms. The number of halogens is 1. The Morgan fingerprint density at radius 3 is 2.57 bits per heavy atom. The molecule has 2 heterocycles. The Bertz CT molecular complexity index is 1120. The first kappa shape index (κ1) is 20.0. The normalized spacial score (nSPS) is 14.6. The van der Waals surface area contributed by atoms with Crippen molar-refractivity contribution in [3.05, 3.63) is 88.2 Å². The van der Waals surface area contributed by atoms with E-state index in [2.05, 4.69) is 4.98 Å². The third-order valence-electron chi connectivity index (χ3n) is 5.04. The van der Waals surface area contributed by atoms with Crippen LogP contribution >= 0.6 is 11.6 Å². The fourth-order valence-electron chi connectivity index (χ4n) is 3.57. The molecule has 0 unspecified atom stereocenters. The van der Waals surface area contributed by atoms with Crippen molar-refractivity contribution < 1.29 is 9.53 Å². The Morgan fingerprint density at radius 2 is 1.87 bits per heavy atom. The largest absolute Gasteiger partial charge is 0.461 e. The van der Waals surface area contributed by atoms with E-state index in [4.69, 9.17) is 27.9 Å². The van der Waals surface area contributed by atoms with Gasteiger partial charge in [-0.15, -0.1) is 0 Å². The van der Waals surface area contributed by atoms with E-state index in [1.54, 1.807) is 18.3 Å². The summed E-state index contributed by atoms with van der Waals surface area (Å²) in [5.41, 5.74) is 11.3. The average Bonchev–Trinajstić information content (AvgIpc) is 3.12. The predicted molar refractivity (Wildman–Crippen MR) is 116 cm³/mol. The number of carbonyl (C=O) groups is 1. The molecular formula is C22H22ClN5O2. The molecule has 30 heavy (non-hydrogen) atoms. The molecule has 1 aliphatic heterocycles. The predicted octanol–water partition coefficient (Wildman–Crippen LogP) is 3.35. The monoisotopic (exact) mass is 423 g/mol. The summed E-state index contributed by atoms with van der Waals surface area (Å²) in [6, 6.07) is 15.1. The second-order valence-corrected chi connectivity index (χ2v) is 7.38. The first-order valence-electron chi connectivity index (χ1n) is 9.59. The van der Waals surface area contributed by atoms with Gasteiger partial charge in [0.1, 0.15) is 6.33 Å². The molecule has 3 aromatic rings. The Kier molecular flexibility index (Phi) is 5.48. The van der Waals surface area contributed by atoms with Crippen molar-refractivity contribution in [1.82, 2.24) is 9.55 Å². The van der Waals surface area contributed by atoms with Crippen molar-refractivity contribution in [3.63, 3.8) is 0 Å². The molecule has 0 bridgehead atoms. The van der Waals surface area contributed by atoms with E-state index in [0.717, 1.165) is 16.9 Å². The van der Waals surface area contributed by atoms with Gasteiger partial charge in [-0.1, -0.05) is 35.9 Å². The van der Waals surface area contributed by atoms with Crippen LogP contribution < -0.4 is 16.6 Å². The van der Waals surface area contributed by atoms with Gasteiger partial charge < -0.3 is 10.5 Å². The van der Waals surface area contributed by atoms with Gasteiger partial charge in [0.2, 0.25) is 0 Å². The van der Waals surface area contributed by atoms with E-state index < -0.39 is 5.97 Å². The van der Waals surface area contributed by atoms with Crippen LogP contribution in [0.15, 0.2) is 66.3 Å². The molecule has 4 N–H and O–H groups in total. The molecule has 0 radical (unpaired) electrons. The molecule has 2 aromatic carbocycles. The van der Waals surface area contributed by atoms with Gasteiger partial charge in [0.25, 0.3) is 0 Å². The highest BCUT2D eigenvalue weighted by Gasteiger charge is 2.28. The standard InChI is InChI=1S/C22H22ClN5O2/c1-2-30-22(29)21-20-12-19(16(24)11-14-7-9-15(23)10-8-14)28(25)18-6-4-3-5-17(18)27(20)13-26-21/h3-10,13H,2,11-12,24-25H2,1H3/b19-16-. The topological polar surface area (TPSA) is 99.4 Å². The third-order valence-corrected chi connectivity index (χ3v) is 5.29. The lowest BCUT2D eigenvalue weighted by Gasteiger charge is -2.23. The fraction of sp³-hybridized carbons (Fsp3) is 0.182. The van der Waals surface area contributed by atoms with Crippen LogP contribution in [0.4, 0.5) is 5.69 Å². The summed E-state index contributed by atoms with van der Waals surface area (Å²) in [6.07, 6.45) is 2.44. The summed E-state index contributed by atoms with van der Waals surface area (Å²) in [5, 5.41) is 2.25. The number of aromatic nitrogens is 2. The Labute approximate surface area is 179 Å². The summed E-state index contributed by atoms with van der Waals surface area (Å²) in [5.74, 6) is 6.05. The molecule has 0 saturated carbocycles. The zero-order valence-electron chi connectivity index (χ0n) is 16.5. The first-order chi connectivity index (χ1) is 14.5. The highest BCUT2D eigenvalue weighted by atomic mass is 35.5. The van der Waals surface area contributed by atoms with Gasteiger partial charge in [-0.3, -0.25) is 9.58 Å². The van der Waals surface area contributed by atoms with Gasteiger partial charge >= 0.3 is 5.97 Å². The summed E-state index contributed by atoms with van der Waals surface area (Å²) >= 11 is 5.99. The Balaban J connectivity index is 1.83. The minimum Gasteiger partial charge on any atom is -0.461 e. The molecule has 1 aliphatic rings. The van der Waals surface area contributed by atoms with E-state index in [-0.39, 0.29) is 12.3 Å². The van der Waals surface area contributed by atoms with Crippen LogP contribution in [0.3, 0.4) is 0 Å². The molecule has 154 valence electrons. The Hall–Kier alpha value is -3.29. The van der Waals surface area contributed by atoms with Crippen molar-refractivity contribution in [1.29, 1.82) is 0 Å². The number of rotatable bonds is 4. The van der Waals surface area contributed by atoms with Crippen LogP contribution in [0, 0.1) is 0 Å². The van der Waals surface area contributed by atoms with Gasteiger partial charge in [0.05, 0.1) is 29.4 Å². The maximum atomic E-state index is 12.5. The number of imidazole rings is 1. The number of carbonyl (C=O) groups excluding carboxylic acids is 1. The van der Waals surface area contributed by atoms with Crippen LogP contribution in [-0.4, -0.2) is 22.1 Å². The van der Waals surface area contributed by atoms with Crippen LogP contribution in [-0.2, 0) is 17.6 Å².